The molecule has 2 rings (SSSR count). The third kappa shape index (κ3) is 3.27. The van der Waals surface area contributed by atoms with Crippen molar-refractivity contribution in [2.75, 3.05) is 13.2 Å². The lowest BCUT2D eigenvalue weighted by atomic mass is 10.1. The van der Waals surface area contributed by atoms with Crippen molar-refractivity contribution in [2.45, 2.75) is 45.2 Å². The summed E-state index contributed by atoms with van der Waals surface area (Å²) < 4.78 is 0. The summed E-state index contributed by atoms with van der Waals surface area (Å²) in [6.07, 6.45) is 7.05. The third-order valence-corrected chi connectivity index (χ3v) is 3.70. The lowest BCUT2D eigenvalue weighted by Gasteiger charge is -2.28. The van der Waals surface area contributed by atoms with Crippen LogP contribution in [-0.2, 0) is 6.54 Å². The minimum atomic E-state index is 0.238. The van der Waals surface area contributed by atoms with E-state index in [0.717, 1.165) is 18.8 Å². The Morgan fingerprint density at radius 3 is 2.82 bits per heavy atom. The van der Waals surface area contributed by atoms with Crippen molar-refractivity contribution in [1.82, 2.24) is 9.88 Å². The fourth-order valence-corrected chi connectivity index (χ4v) is 2.66. The highest BCUT2D eigenvalue weighted by atomic mass is 16.3. The van der Waals surface area contributed by atoms with Crippen LogP contribution in [0.5, 0.6) is 0 Å². The summed E-state index contributed by atoms with van der Waals surface area (Å²) in [5.74, 6) is 0. The second-order valence-corrected chi connectivity index (χ2v) is 4.90. The number of nitrogens with zero attached hydrogens (tertiary/aromatic N) is 2. The molecule has 1 saturated carbocycles. The summed E-state index contributed by atoms with van der Waals surface area (Å²) in [6, 6.07) is 4.72. The largest absolute Gasteiger partial charge is 0.395 e. The monoisotopic (exact) mass is 234 g/mol. The van der Waals surface area contributed by atoms with Crippen LogP contribution >= 0.6 is 0 Å². The van der Waals surface area contributed by atoms with Crippen molar-refractivity contribution >= 4 is 0 Å². The van der Waals surface area contributed by atoms with Crippen LogP contribution in [0.2, 0.25) is 0 Å². The average molecular weight is 234 g/mol. The quantitative estimate of drug-likeness (QED) is 0.848. The lowest BCUT2D eigenvalue weighted by Crippen LogP contribution is -2.35. The number of aliphatic hydroxyl groups excluding tert-OH is 1. The van der Waals surface area contributed by atoms with Gasteiger partial charge < -0.3 is 5.11 Å². The molecule has 94 valence electrons. The maximum atomic E-state index is 9.18. The van der Waals surface area contributed by atoms with Gasteiger partial charge in [0.05, 0.1) is 12.3 Å². The predicted molar refractivity (Wildman–Crippen MR) is 68.7 cm³/mol. The smallest absolute Gasteiger partial charge is 0.0573 e. The number of rotatable bonds is 5. The molecule has 3 nitrogen and oxygen atoms in total. The number of pyridine rings is 1. The average Bonchev–Trinajstić information content (AvgIpc) is 2.85. The highest BCUT2D eigenvalue weighted by Gasteiger charge is 2.22. The van der Waals surface area contributed by atoms with Gasteiger partial charge in [-0.05, 0) is 31.4 Å². The summed E-state index contributed by atoms with van der Waals surface area (Å²) in [5, 5.41) is 9.18. The van der Waals surface area contributed by atoms with Gasteiger partial charge in [0, 0.05) is 25.3 Å². The molecule has 0 bridgehead atoms. The summed E-state index contributed by atoms with van der Waals surface area (Å²) in [6.45, 7) is 3.98. The summed E-state index contributed by atoms with van der Waals surface area (Å²) in [7, 11) is 0. The van der Waals surface area contributed by atoms with E-state index in [2.05, 4.69) is 22.9 Å². The highest BCUT2D eigenvalue weighted by Crippen LogP contribution is 2.24. The SMILES string of the molecule is Cc1cccnc1CN(CCO)C1CCCC1. The molecule has 1 aromatic rings. The number of aliphatic hydroxyl groups is 1. The van der Waals surface area contributed by atoms with Crippen LogP contribution in [0.1, 0.15) is 36.9 Å². The number of hydrogen-bond donors (Lipinski definition) is 1. The van der Waals surface area contributed by atoms with Crippen molar-refractivity contribution < 1.29 is 5.11 Å². The van der Waals surface area contributed by atoms with Gasteiger partial charge in [0.25, 0.3) is 0 Å². The van der Waals surface area contributed by atoms with Gasteiger partial charge in [-0.1, -0.05) is 18.9 Å². The van der Waals surface area contributed by atoms with E-state index in [1.807, 2.05) is 12.3 Å². The van der Waals surface area contributed by atoms with E-state index < -0.39 is 0 Å². The van der Waals surface area contributed by atoms with E-state index in [1.54, 1.807) is 0 Å². The second-order valence-electron chi connectivity index (χ2n) is 4.90. The Morgan fingerprint density at radius 1 is 1.41 bits per heavy atom. The van der Waals surface area contributed by atoms with Crippen LogP contribution in [0, 0.1) is 6.92 Å². The van der Waals surface area contributed by atoms with Crippen LogP contribution in [0.25, 0.3) is 0 Å². The van der Waals surface area contributed by atoms with Crippen LogP contribution in [0.4, 0.5) is 0 Å². The van der Waals surface area contributed by atoms with Gasteiger partial charge >= 0.3 is 0 Å². The molecule has 0 aromatic carbocycles. The Morgan fingerprint density at radius 2 is 2.18 bits per heavy atom. The number of aromatic nitrogens is 1. The number of aryl methyl sites for hydroxylation is 1. The molecule has 17 heavy (non-hydrogen) atoms. The Bertz CT molecular complexity index is 348. The predicted octanol–water partition coefficient (Wildman–Crippen LogP) is 2.13. The Hall–Kier alpha value is -0.930. The molecule has 3 heteroatoms. The van der Waals surface area contributed by atoms with E-state index in [9.17, 15) is 5.11 Å². The molecule has 0 amide bonds. The third-order valence-electron chi connectivity index (χ3n) is 3.70. The minimum absolute atomic E-state index is 0.238. The lowest BCUT2D eigenvalue weighted by molar-refractivity contribution is 0.143. The molecule has 1 aliphatic rings. The van der Waals surface area contributed by atoms with Crippen molar-refractivity contribution in [1.29, 1.82) is 0 Å². The van der Waals surface area contributed by atoms with Crippen molar-refractivity contribution in [2.24, 2.45) is 0 Å². The summed E-state index contributed by atoms with van der Waals surface area (Å²) in [4.78, 5) is 6.84. The zero-order valence-electron chi connectivity index (χ0n) is 10.6. The van der Waals surface area contributed by atoms with E-state index in [1.165, 1.54) is 31.2 Å². The van der Waals surface area contributed by atoms with Crippen LogP contribution < -0.4 is 0 Å². The van der Waals surface area contributed by atoms with Gasteiger partial charge in [-0.15, -0.1) is 0 Å². The summed E-state index contributed by atoms with van der Waals surface area (Å²) >= 11 is 0. The fraction of sp³-hybridized carbons (Fsp3) is 0.643. The van der Waals surface area contributed by atoms with E-state index >= 15 is 0 Å². The van der Waals surface area contributed by atoms with Crippen LogP contribution in [0.3, 0.4) is 0 Å². The molecule has 1 fully saturated rings. The van der Waals surface area contributed by atoms with Gasteiger partial charge in [-0.25, -0.2) is 0 Å². The molecule has 0 aliphatic heterocycles. The molecular weight excluding hydrogens is 212 g/mol. The van der Waals surface area contributed by atoms with E-state index in [-0.39, 0.29) is 6.61 Å². The Labute approximate surface area is 103 Å². The molecular formula is C14H22N2O. The van der Waals surface area contributed by atoms with Gasteiger partial charge in [-0.3, -0.25) is 9.88 Å². The van der Waals surface area contributed by atoms with Gasteiger partial charge in [0.2, 0.25) is 0 Å². The van der Waals surface area contributed by atoms with Crippen LogP contribution in [-0.4, -0.2) is 34.2 Å². The normalized spacial score (nSPS) is 16.9. The zero-order chi connectivity index (χ0) is 12.1. The second kappa shape index (κ2) is 6.12. The zero-order valence-corrected chi connectivity index (χ0v) is 10.6. The number of hydrogen-bond acceptors (Lipinski definition) is 3. The van der Waals surface area contributed by atoms with Crippen molar-refractivity contribution in [3.63, 3.8) is 0 Å². The standard InChI is InChI=1S/C14H22N2O/c1-12-5-4-8-15-14(12)11-16(9-10-17)13-6-2-3-7-13/h4-5,8,13,17H,2-3,6-7,9-11H2,1H3. The maximum Gasteiger partial charge on any atom is 0.0573 e. The van der Waals surface area contributed by atoms with Crippen molar-refractivity contribution in [3.8, 4) is 0 Å². The topological polar surface area (TPSA) is 36.4 Å². The minimum Gasteiger partial charge on any atom is -0.395 e. The summed E-state index contributed by atoms with van der Waals surface area (Å²) in [5.41, 5.74) is 2.39. The molecule has 0 saturated heterocycles. The molecule has 1 aliphatic carbocycles. The molecule has 0 spiro atoms. The maximum absolute atomic E-state index is 9.18. The van der Waals surface area contributed by atoms with Crippen LogP contribution in [0.15, 0.2) is 18.3 Å². The van der Waals surface area contributed by atoms with E-state index in [0.29, 0.717) is 6.04 Å². The highest BCUT2D eigenvalue weighted by molar-refractivity contribution is 5.17. The molecule has 1 heterocycles. The molecule has 0 radical (unpaired) electrons. The Kier molecular flexibility index (Phi) is 4.51. The molecule has 1 aromatic heterocycles. The molecule has 0 unspecified atom stereocenters. The van der Waals surface area contributed by atoms with E-state index in [4.69, 9.17) is 0 Å². The van der Waals surface area contributed by atoms with Crippen molar-refractivity contribution in [3.05, 3.63) is 29.6 Å². The molecule has 0 atom stereocenters. The Balaban J connectivity index is 2.04. The first-order chi connectivity index (χ1) is 8.31. The fourth-order valence-electron chi connectivity index (χ4n) is 2.66. The first kappa shape index (κ1) is 12.5. The van der Waals surface area contributed by atoms with Gasteiger partial charge in [0.1, 0.15) is 0 Å². The molecule has 1 N–H and O–H groups in total. The van der Waals surface area contributed by atoms with Gasteiger partial charge in [0.15, 0.2) is 0 Å². The van der Waals surface area contributed by atoms with Gasteiger partial charge in [-0.2, -0.15) is 0 Å². The first-order valence-corrected chi connectivity index (χ1v) is 6.56. The first-order valence-electron chi connectivity index (χ1n) is 6.56.